The summed E-state index contributed by atoms with van der Waals surface area (Å²) in [6.45, 7) is 4.62. The number of amides is 2. The average molecular weight is 239 g/mol. The SMILES string of the molecule is CC1CCCN(C(=O)C2CNC(=O)CN2)CC1. The van der Waals surface area contributed by atoms with Gasteiger partial charge in [0.25, 0.3) is 0 Å². The van der Waals surface area contributed by atoms with Gasteiger partial charge in [0.1, 0.15) is 6.04 Å². The quantitative estimate of drug-likeness (QED) is 0.662. The zero-order chi connectivity index (χ0) is 12.3. The largest absolute Gasteiger partial charge is 0.353 e. The van der Waals surface area contributed by atoms with E-state index in [2.05, 4.69) is 17.6 Å². The summed E-state index contributed by atoms with van der Waals surface area (Å²) in [7, 11) is 0. The zero-order valence-corrected chi connectivity index (χ0v) is 10.4. The Labute approximate surface area is 102 Å². The van der Waals surface area contributed by atoms with Gasteiger partial charge in [0, 0.05) is 19.6 Å². The second-order valence-electron chi connectivity index (χ2n) is 5.10. The highest BCUT2D eigenvalue weighted by Gasteiger charge is 2.28. The second-order valence-corrected chi connectivity index (χ2v) is 5.10. The number of hydrogen-bond acceptors (Lipinski definition) is 3. The third-order valence-corrected chi connectivity index (χ3v) is 3.64. The first kappa shape index (κ1) is 12.4. The van der Waals surface area contributed by atoms with Crippen LogP contribution in [0, 0.1) is 5.92 Å². The minimum atomic E-state index is -0.235. The fourth-order valence-corrected chi connectivity index (χ4v) is 2.44. The number of rotatable bonds is 1. The maximum atomic E-state index is 12.2. The highest BCUT2D eigenvalue weighted by atomic mass is 16.2. The molecule has 0 bridgehead atoms. The first-order valence-electron chi connectivity index (χ1n) is 6.45. The third kappa shape index (κ3) is 3.19. The van der Waals surface area contributed by atoms with Crippen LogP contribution in [-0.4, -0.2) is 48.9 Å². The Bertz CT molecular complexity index is 296. The van der Waals surface area contributed by atoms with Gasteiger partial charge >= 0.3 is 0 Å². The van der Waals surface area contributed by atoms with Crippen molar-refractivity contribution in [3.8, 4) is 0 Å². The molecule has 17 heavy (non-hydrogen) atoms. The summed E-state index contributed by atoms with van der Waals surface area (Å²) < 4.78 is 0. The second kappa shape index (κ2) is 5.49. The molecule has 0 spiro atoms. The number of nitrogens with zero attached hydrogens (tertiary/aromatic N) is 1. The highest BCUT2D eigenvalue weighted by Crippen LogP contribution is 2.17. The Morgan fingerprint density at radius 2 is 2.18 bits per heavy atom. The maximum absolute atomic E-state index is 12.2. The zero-order valence-electron chi connectivity index (χ0n) is 10.4. The fourth-order valence-electron chi connectivity index (χ4n) is 2.44. The molecular formula is C12H21N3O2. The highest BCUT2D eigenvalue weighted by molar-refractivity contribution is 5.86. The molecule has 0 aromatic carbocycles. The van der Waals surface area contributed by atoms with E-state index in [-0.39, 0.29) is 24.4 Å². The standard InChI is InChI=1S/C12H21N3O2/c1-9-3-2-5-15(6-4-9)12(17)10-7-14-11(16)8-13-10/h9-10,13H,2-8H2,1H3,(H,14,16). The number of nitrogens with one attached hydrogen (secondary N) is 2. The molecule has 2 atom stereocenters. The van der Waals surface area contributed by atoms with Crippen molar-refractivity contribution in [3.05, 3.63) is 0 Å². The van der Waals surface area contributed by atoms with E-state index in [0.717, 1.165) is 25.9 Å². The van der Waals surface area contributed by atoms with Crippen LogP contribution in [0.25, 0.3) is 0 Å². The number of piperazine rings is 1. The fraction of sp³-hybridized carbons (Fsp3) is 0.833. The number of carbonyl (C=O) groups is 2. The summed E-state index contributed by atoms with van der Waals surface area (Å²) in [5.41, 5.74) is 0. The van der Waals surface area contributed by atoms with E-state index >= 15 is 0 Å². The molecule has 96 valence electrons. The minimum absolute atomic E-state index is 0.0291. The average Bonchev–Trinajstić information content (AvgIpc) is 2.54. The van der Waals surface area contributed by atoms with E-state index < -0.39 is 0 Å². The Morgan fingerprint density at radius 3 is 2.88 bits per heavy atom. The van der Waals surface area contributed by atoms with Gasteiger partial charge in [-0.25, -0.2) is 0 Å². The lowest BCUT2D eigenvalue weighted by Gasteiger charge is -2.29. The van der Waals surface area contributed by atoms with Crippen LogP contribution in [0.3, 0.4) is 0 Å². The summed E-state index contributed by atoms with van der Waals surface area (Å²) in [6.07, 6.45) is 3.38. The van der Waals surface area contributed by atoms with Crippen molar-refractivity contribution in [1.29, 1.82) is 0 Å². The van der Waals surface area contributed by atoms with E-state index in [1.165, 1.54) is 6.42 Å². The van der Waals surface area contributed by atoms with E-state index in [1.807, 2.05) is 4.90 Å². The lowest BCUT2D eigenvalue weighted by Crippen LogP contribution is -2.58. The van der Waals surface area contributed by atoms with Gasteiger partial charge in [-0.2, -0.15) is 0 Å². The molecule has 2 saturated heterocycles. The van der Waals surface area contributed by atoms with Crippen molar-refractivity contribution >= 4 is 11.8 Å². The van der Waals surface area contributed by atoms with Crippen LogP contribution in [0.1, 0.15) is 26.2 Å². The van der Waals surface area contributed by atoms with Gasteiger partial charge in [0.15, 0.2) is 0 Å². The molecule has 0 aromatic heterocycles. The predicted molar refractivity (Wildman–Crippen MR) is 64.4 cm³/mol. The van der Waals surface area contributed by atoms with E-state index in [0.29, 0.717) is 12.5 Å². The number of likely N-dealkylation sites (tertiary alicyclic amines) is 1. The number of hydrogen-bond donors (Lipinski definition) is 2. The van der Waals surface area contributed by atoms with Gasteiger partial charge in [-0.15, -0.1) is 0 Å². The van der Waals surface area contributed by atoms with Crippen molar-refractivity contribution in [2.45, 2.75) is 32.2 Å². The van der Waals surface area contributed by atoms with Crippen molar-refractivity contribution in [1.82, 2.24) is 15.5 Å². The molecule has 0 aromatic rings. The molecule has 0 radical (unpaired) electrons. The molecule has 2 unspecified atom stereocenters. The molecule has 2 amide bonds. The number of carbonyl (C=O) groups excluding carboxylic acids is 2. The molecule has 5 nitrogen and oxygen atoms in total. The van der Waals surface area contributed by atoms with Crippen LogP contribution in [0.15, 0.2) is 0 Å². The molecule has 2 N–H and O–H groups in total. The first-order valence-corrected chi connectivity index (χ1v) is 6.45. The predicted octanol–water partition coefficient (Wildman–Crippen LogP) is -0.277. The maximum Gasteiger partial charge on any atom is 0.241 e. The Hall–Kier alpha value is -1.10. The van der Waals surface area contributed by atoms with Crippen LogP contribution < -0.4 is 10.6 Å². The van der Waals surface area contributed by atoms with Gasteiger partial charge in [-0.1, -0.05) is 6.92 Å². The molecule has 2 aliphatic rings. The smallest absolute Gasteiger partial charge is 0.241 e. The van der Waals surface area contributed by atoms with Crippen molar-refractivity contribution in [2.24, 2.45) is 5.92 Å². The minimum Gasteiger partial charge on any atom is -0.353 e. The van der Waals surface area contributed by atoms with Crippen LogP contribution in [0.2, 0.25) is 0 Å². The Kier molecular flexibility index (Phi) is 3.99. The summed E-state index contributed by atoms with van der Waals surface area (Å²) in [6, 6.07) is -0.235. The molecule has 2 aliphatic heterocycles. The van der Waals surface area contributed by atoms with E-state index in [4.69, 9.17) is 0 Å². The topological polar surface area (TPSA) is 61.4 Å². The summed E-state index contributed by atoms with van der Waals surface area (Å²) in [5, 5.41) is 5.72. The molecule has 0 saturated carbocycles. The van der Waals surface area contributed by atoms with E-state index in [9.17, 15) is 9.59 Å². The Morgan fingerprint density at radius 1 is 1.35 bits per heavy atom. The molecule has 2 rings (SSSR count). The van der Waals surface area contributed by atoms with Gasteiger partial charge in [-0.3, -0.25) is 14.9 Å². The molecule has 0 aliphatic carbocycles. The van der Waals surface area contributed by atoms with Crippen molar-refractivity contribution in [2.75, 3.05) is 26.2 Å². The molecule has 2 fully saturated rings. The summed E-state index contributed by atoms with van der Waals surface area (Å²) in [5.74, 6) is 0.824. The lowest BCUT2D eigenvalue weighted by atomic mass is 10.0. The van der Waals surface area contributed by atoms with Gasteiger partial charge in [-0.05, 0) is 25.2 Å². The van der Waals surface area contributed by atoms with Crippen LogP contribution in [0.5, 0.6) is 0 Å². The van der Waals surface area contributed by atoms with Gasteiger partial charge < -0.3 is 10.2 Å². The van der Waals surface area contributed by atoms with Crippen LogP contribution >= 0.6 is 0 Å². The molecule has 2 heterocycles. The molecular weight excluding hydrogens is 218 g/mol. The summed E-state index contributed by atoms with van der Waals surface area (Å²) >= 11 is 0. The first-order chi connectivity index (χ1) is 8.16. The van der Waals surface area contributed by atoms with Gasteiger partial charge in [0.05, 0.1) is 6.54 Å². The normalized spacial score (nSPS) is 30.6. The van der Waals surface area contributed by atoms with E-state index in [1.54, 1.807) is 0 Å². The van der Waals surface area contributed by atoms with Gasteiger partial charge in [0.2, 0.25) is 11.8 Å². The van der Waals surface area contributed by atoms with Crippen LogP contribution in [-0.2, 0) is 9.59 Å². The third-order valence-electron chi connectivity index (χ3n) is 3.64. The van der Waals surface area contributed by atoms with Crippen LogP contribution in [0.4, 0.5) is 0 Å². The lowest BCUT2D eigenvalue weighted by molar-refractivity contribution is -0.134. The molecule has 5 heteroatoms. The van der Waals surface area contributed by atoms with Crippen molar-refractivity contribution in [3.63, 3.8) is 0 Å². The van der Waals surface area contributed by atoms with Crippen molar-refractivity contribution < 1.29 is 9.59 Å². The Balaban J connectivity index is 1.88. The summed E-state index contributed by atoms with van der Waals surface area (Å²) in [4.78, 5) is 25.2. The monoisotopic (exact) mass is 239 g/mol.